The number of furan rings is 1. The van der Waals surface area contributed by atoms with Gasteiger partial charge in [-0.3, -0.25) is 0 Å². The first kappa shape index (κ1) is 9.78. The van der Waals surface area contributed by atoms with Crippen molar-refractivity contribution in [1.82, 2.24) is 5.32 Å². The highest BCUT2D eigenvalue weighted by Gasteiger charge is 2.26. The Balaban J connectivity index is 1.90. The summed E-state index contributed by atoms with van der Waals surface area (Å²) in [7, 11) is 0. The molecule has 14 heavy (non-hydrogen) atoms. The predicted molar refractivity (Wildman–Crippen MR) is 57.2 cm³/mol. The molecule has 1 aliphatic carbocycles. The van der Waals surface area contributed by atoms with E-state index in [1.54, 1.807) is 6.26 Å². The molecule has 0 amide bonds. The van der Waals surface area contributed by atoms with Crippen LogP contribution < -0.4 is 5.32 Å². The molecular weight excluding hydrogens is 174 g/mol. The maximum atomic E-state index is 5.10. The Morgan fingerprint density at radius 3 is 3.14 bits per heavy atom. The van der Waals surface area contributed by atoms with E-state index >= 15 is 0 Å². The predicted octanol–water partition coefficient (Wildman–Crippen LogP) is 2.60. The fourth-order valence-electron chi connectivity index (χ4n) is 2.52. The normalized spacial score (nSPS) is 26.9. The highest BCUT2D eigenvalue weighted by Crippen LogP contribution is 2.28. The zero-order chi connectivity index (χ0) is 9.80. The fraction of sp³-hybridized carbons (Fsp3) is 0.667. The first-order valence-corrected chi connectivity index (χ1v) is 5.64. The van der Waals surface area contributed by atoms with Gasteiger partial charge in [0.2, 0.25) is 0 Å². The third kappa shape index (κ3) is 2.18. The molecule has 1 aromatic heterocycles. The topological polar surface area (TPSA) is 25.2 Å². The fourth-order valence-corrected chi connectivity index (χ4v) is 2.52. The van der Waals surface area contributed by atoms with E-state index in [2.05, 4.69) is 18.3 Å². The average molecular weight is 193 g/mol. The van der Waals surface area contributed by atoms with E-state index < -0.39 is 0 Å². The van der Waals surface area contributed by atoms with Gasteiger partial charge in [0.25, 0.3) is 0 Å². The van der Waals surface area contributed by atoms with Crippen LogP contribution in [-0.2, 0) is 6.42 Å². The number of nitrogens with one attached hydrogen (secondary N) is 1. The Morgan fingerprint density at radius 2 is 2.43 bits per heavy atom. The van der Waals surface area contributed by atoms with Crippen molar-refractivity contribution in [3.05, 3.63) is 24.2 Å². The van der Waals surface area contributed by atoms with Crippen molar-refractivity contribution in [2.45, 2.75) is 38.6 Å². The molecular formula is C12H19NO. The molecule has 2 unspecified atom stereocenters. The van der Waals surface area contributed by atoms with Crippen LogP contribution in [0.2, 0.25) is 0 Å². The summed E-state index contributed by atoms with van der Waals surface area (Å²) in [6.07, 6.45) is 8.90. The van der Waals surface area contributed by atoms with E-state index in [1.165, 1.54) is 31.2 Å². The van der Waals surface area contributed by atoms with Gasteiger partial charge in [0, 0.05) is 6.04 Å². The quantitative estimate of drug-likeness (QED) is 0.795. The molecule has 1 heterocycles. The molecule has 78 valence electrons. The average Bonchev–Trinajstić information content (AvgIpc) is 2.80. The molecule has 0 aromatic carbocycles. The Kier molecular flexibility index (Phi) is 3.25. The molecule has 1 aromatic rings. The second kappa shape index (κ2) is 4.65. The molecule has 1 saturated carbocycles. The second-order valence-corrected chi connectivity index (χ2v) is 4.19. The summed E-state index contributed by atoms with van der Waals surface area (Å²) in [4.78, 5) is 0. The Bertz CT molecular complexity index is 255. The highest BCUT2D eigenvalue weighted by atomic mass is 16.3. The summed E-state index contributed by atoms with van der Waals surface area (Å²) in [5.74, 6) is 0.813. The molecule has 0 radical (unpaired) electrons. The molecule has 0 bridgehead atoms. The van der Waals surface area contributed by atoms with E-state index in [9.17, 15) is 0 Å². The van der Waals surface area contributed by atoms with Gasteiger partial charge < -0.3 is 9.73 Å². The smallest absolute Gasteiger partial charge is 0.0934 e. The monoisotopic (exact) mass is 193 g/mol. The first-order valence-electron chi connectivity index (χ1n) is 5.64. The molecule has 0 saturated heterocycles. The van der Waals surface area contributed by atoms with Crippen molar-refractivity contribution < 1.29 is 4.42 Å². The van der Waals surface area contributed by atoms with Crippen LogP contribution in [0.5, 0.6) is 0 Å². The van der Waals surface area contributed by atoms with Crippen LogP contribution in [0.4, 0.5) is 0 Å². The maximum absolute atomic E-state index is 5.10. The van der Waals surface area contributed by atoms with Crippen LogP contribution in [0.1, 0.15) is 31.7 Å². The number of hydrogen-bond acceptors (Lipinski definition) is 2. The van der Waals surface area contributed by atoms with Crippen molar-refractivity contribution in [3.63, 3.8) is 0 Å². The summed E-state index contributed by atoms with van der Waals surface area (Å²) >= 11 is 0. The lowest BCUT2D eigenvalue weighted by molar-refractivity contribution is 0.405. The van der Waals surface area contributed by atoms with E-state index in [-0.39, 0.29) is 0 Å². The van der Waals surface area contributed by atoms with Gasteiger partial charge in [-0.05, 0) is 43.4 Å². The number of hydrogen-bond donors (Lipinski definition) is 1. The molecule has 1 N–H and O–H groups in total. The molecule has 0 spiro atoms. The maximum Gasteiger partial charge on any atom is 0.0934 e. The van der Waals surface area contributed by atoms with Crippen LogP contribution in [0.3, 0.4) is 0 Å². The summed E-state index contributed by atoms with van der Waals surface area (Å²) in [5.41, 5.74) is 1.35. The van der Waals surface area contributed by atoms with Gasteiger partial charge in [0.15, 0.2) is 0 Å². The van der Waals surface area contributed by atoms with Gasteiger partial charge in [-0.2, -0.15) is 0 Å². The van der Waals surface area contributed by atoms with Gasteiger partial charge in [0.1, 0.15) is 0 Å². The van der Waals surface area contributed by atoms with Crippen molar-refractivity contribution in [3.8, 4) is 0 Å². The molecule has 2 heteroatoms. The molecule has 2 rings (SSSR count). The minimum Gasteiger partial charge on any atom is -0.472 e. The number of rotatable bonds is 4. The lowest BCUT2D eigenvalue weighted by Crippen LogP contribution is -2.33. The van der Waals surface area contributed by atoms with Gasteiger partial charge in [0.05, 0.1) is 12.5 Å². The first-order chi connectivity index (χ1) is 6.90. The zero-order valence-electron chi connectivity index (χ0n) is 8.83. The minimum absolute atomic E-state index is 0.731. The Hall–Kier alpha value is -0.760. The molecule has 1 aliphatic rings. The third-order valence-corrected chi connectivity index (χ3v) is 3.20. The second-order valence-electron chi connectivity index (χ2n) is 4.19. The summed E-state index contributed by atoms with van der Waals surface area (Å²) in [6.45, 7) is 3.28. The molecule has 2 atom stereocenters. The van der Waals surface area contributed by atoms with E-state index in [1.807, 2.05) is 6.26 Å². The van der Waals surface area contributed by atoms with Crippen LogP contribution in [0.15, 0.2) is 23.0 Å². The third-order valence-electron chi connectivity index (χ3n) is 3.20. The Labute approximate surface area is 85.7 Å². The van der Waals surface area contributed by atoms with Crippen molar-refractivity contribution >= 4 is 0 Å². The van der Waals surface area contributed by atoms with Gasteiger partial charge in [-0.15, -0.1) is 0 Å². The SMILES string of the molecule is CCNC1CCCC1Cc1ccoc1. The molecule has 2 nitrogen and oxygen atoms in total. The van der Waals surface area contributed by atoms with Crippen LogP contribution >= 0.6 is 0 Å². The Morgan fingerprint density at radius 1 is 1.50 bits per heavy atom. The van der Waals surface area contributed by atoms with E-state index in [4.69, 9.17) is 4.42 Å². The highest BCUT2D eigenvalue weighted by molar-refractivity contribution is 5.07. The minimum atomic E-state index is 0.731. The van der Waals surface area contributed by atoms with Gasteiger partial charge in [-0.25, -0.2) is 0 Å². The van der Waals surface area contributed by atoms with Crippen molar-refractivity contribution in [2.75, 3.05) is 6.54 Å². The molecule has 1 fully saturated rings. The van der Waals surface area contributed by atoms with Crippen LogP contribution in [0, 0.1) is 5.92 Å². The van der Waals surface area contributed by atoms with Crippen molar-refractivity contribution in [1.29, 1.82) is 0 Å². The van der Waals surface area contributed by atoms with E-state index in [0.717, 1.165) is 18.5 Å². The summed E-state index contributed by atoms with van der Waals surface area (Å²) in [5, 5.41) is 3.58. The lowest BCUT2D eigenvalue weighted by Gasteiger charge is -2.19. The van der Waals surface area contributed by atoms with Crippen LogP contribution in [-0.4, -0.2) is 12.6 Å². The lowest BCUT2D eigenvalue weighted by atomic mass is 9.96. The van der Waals surface area contributed by atoms with Crippen molar-refractivity contribution in [2.24, 2.45) is 5.92 Å². The summed E-state index contributed by atoms with van der Waals surface area (Å²) in [6, 6.07) is 2.82. The zero-order valence-corrected chi connectivity index (χ0v) is 8.83. The molecule has 0 aliphatic heterocycles. The largest absolute Gasteiger partial charge is 0.472 e. The summed E-state index contributed by atoms with van der Waals surface area (Å²) < 4.78 is 5.10. The standard InChI is InChI=1S/C12H19NO/c1-2-13-12-5-3-4-11(12)8-10-6-7-14-9-10/h6-7,9,11-13H,2-5,8H2,1H3. The van der Waals surface area contributed by atoms with E-state index in [0.29, 0.717) is 0 Å². The van der Waals surface area contributed by atoms with Gasteiger partial charge in [-0.1, -0.05) is 13.3 Å². The van der Waals surface area contributed by atoms with Gasteiger partial charge >= 0.3 is 0 Å². The van der Waals surface area contributed by atoms with Crippen LogP contribution in [0.25, 0.3) is 0 Å².